The van der Waals surface area contributed by atoms with Crippen LogP contribution in [-0.4, -0.2) is 14.2 Å². The summed E-state index contributed by atoms with van der Waals surface area (Å²) in [6, 6.07) is 9.61. The molecular formula is C13H11ClO2S3. The smallest absolute Gasteiger partial charge is 0.188 e. The lowest BCUT2D eigenvalue weighted by molar-refractivity contribution is 0.588. The quantitative estimate of drug-likeness (QED) is 0.817. The molecule has 1 aromatic carbocycles. The van der Waals surface area contributed by atoms with Crippen LogP contribution < -0.4 is 0 Å². The van der Waals surface area contributed by atoms with Gasteiger partial charge in [0.15, 0.2) is 9.84 Å². The van der Waals surface area contributed by atoms with E-state index >= 15 is 0 Å². The van der Waals surface area contributed by atoms with E-state index in [9.17, 15) is 8.42 Å². The zero-order valence-corrected chi connectivity index (χ0v) is 13.1. The van der Waals surface area contributed by atoms with Crippen molar-refractivity contribution in [2.24, 2.45) is 0 Å². The molecule has 0 bridgehead atoms. The molecule has 1 aliphatic rings. The highest BCUT2D eigenvalue weighted by Crippen LogP contribution is 2.46. The fraction of sp³-hybridized carbons (Fsp3) is 0.231. The van der Waals surface area contributed by atoms with Crippen molar-refractivity contribution in [2.45, 2.75) is 20.8 Å². The van der Waals surface area contributed by atoms with E-state index in [0.29, 0.717) is 15.7 Å². The van der Waals surface area contributed by atoms with Gasteiger partial charge in [-0.1, -0.05) is 17.7 Å². The number of benzene rings is 1. The minimum absolute atomic E-state index is 0.197. The van der Waals surface area contributed by atoms with Crippen LogP contribution in [-0.2, 0) is 9.84 Å². The Bertz CT molecular complexity index is 706. The van der Waals surface area contributed by atoms with Crippen molar-refractivity contribution < 1.29 is 8.42 Å². The van der Waals surface area contributed by atoms with Crippen LogP contribution in [0.4, 0.5) is 0 Å². The van der Waals surface area contributed by atoms with E-state index in [1.165, 1.54) is 11.3 Å². The number of fused-ring (bicyclic) bond motifs is 1. The second-order valence-electron chi connectivity index (χ2n) is 4.33. The van der Waals surface area contributed by atoms with E-state index in [1.54, 1.807) is 11.8 Å². The Kier molecular flexibility index (Phi) is 3.64. The highest BCUT2D eigenvalue weighted by atomic mass is 35.5. The Hall–Kier alpha value is -0.490. The van der Waals surface area contributed by atoms with Gasteiger partial charge in [-0.3, -0.25) is 0 Å². The number of thiophene rings is 1. The molecule has 0 unspecified atom stereocenters. The second-order valence-corrected chi connectivity index (χ2v) is 9.27. The number of hydrogen-bond acceptors (Lipinski definition) is 4. The van der Waals surface area contributed by atoms with Crippen LogP contribution in [0.3, 0.4) is 0 Å². The van der Waals surface area contributed by atoms with Crippen LogP contribution in [0.15, 0.2) is 44.8 Å². The molecule has 0 radical (unpaired) electrons. The molecule has 2 heterocycles. The van der Waals surface area contributed by atoms with E-state index in [4.69, 9.17) is 11.6 Å². The summed E-state index contributed by atoms with van der Waals surface area (Å²) in [7, 11) is -3.05. The predicted octanol–water partition coefficient (Wildman–Crippen LogP) is 4.41. The summed E-state index contributed by atoms with van der Waals surface area (Å²) in [5, 5.41) is 2.77. The molecule has 100 valence electrons. The topological polar surface area (TPSA) is 34.1 Å². The Morgan fingerprint density at radius 3 is 2.95 bits per heavy atom. The summed E-state index contributed by atoms with van der Waals surface area (Å²) in [5.41, 5.74) is 0.946. The van der Waals surface area contributed by atoms with Crippen molar-refractivity contribution in [1.82, 2.24) is 0 Å². The zero-order chi connectivity index (χ0) is 13.5. The zero-order valence-electron chi connectivity index (χ0n) is 9.87. The summed E-state index contributed by atoms with van der Waals surface area (Å²) < 4.78 is 24.5. The maximum Gasteiger partial charge on any atom is 0.188 e. The molecule has 1 atom stereocenters. The van der Waals surface area contributed by atoms with Gasteiger partial charge in [0.25, 0.3) is 0 Å². The normalized spacial score (nSPS) is 21.0. The molecule has 0 spiro atoms. The van der Waals surface area contributed by atoms with Gasteiger partial charge < -0.3 is 0 Å². The van der Waals surface area contributed by atoms with E-state index in [2.05, 4.69) is 0 Å². The van der Waals surface area contributed by atoms with Crippen LogP contribution in [0.2, 0.25) is 5.02 Å². The lowest BCUT2D eigenvalue weighted by atomic mass is 10.2. The fourth-order valence-corrected chi connectivity index (χ4v) is 6.92. The van der Waals surface area contributed by atoms with Gasteiger partial charge in [-0.2, -0.15) is 0 Å². The van der Waals surface area contributed by atoms with E-state index in [1.807, 2.05) is 35.7 Å². The molecule has 3 rings (SSSR count). The molecule has 1 aromatic heterocycles. The standard InChI is InChI=1S/C13H11ClO2S3/c14-9-2-1-3-10(8-9)18-12-5-7-19(15,16)13-11(12)4-6-17-13/h1-4,6,8,12H,5,7H2/t12-/m0/s1. The Morgan fingerprint density at radius 2 is 2.16 bits per heavy atom. The molecular weight excluding hydrogens is 320 g/mol. The third-order valence-corrected chi connectivity index (χ3v) is 7.89. The van der Waals surface area contributed by atoms with Crippen LogP contribution >= 0.6 is 34.7 Å². The first-order valence-electron chi connectivity index (χ1n) is 5.79. The van der Waals surface area contributed by atoms with Crippen molar-refractivity contribution in [3.63, 3.8) is 0 Å². The van der Waals surface area contributed by atoms with Gasteiger partial charge in [0, 0.05) is 15.2 Å². The molecule has 0 saturated heterocycles. The molecule has 2 nitrogen and oxygen atoms in total. The van der Waals surface area contributed by atoms with Gasteiger partial charge in [-0.15, -0.1) is 23.1 Å². The van der Waals surface area contributed by atoms with Crippen molar-refractivity contribution in [2.75, 3.05) is 5.75 Å². The fourth-order valence-electron chi connectivity index (χ4n) is 2.13. The van der Waals surface area contributed by atoms with Gasteiger partial charge >= 0.3 is 0 Å². The van der Waals surface area contributed by atoms with Gasteiger partial charge in [-0.25, -0.2) is 8.42 Å². The molecule has 0 amide bonds. The predicted molar refractivity (Wildman–Crippen MR) is 81.0 cm³/mol. The first kappa shape index (κ1) is 13.5. The summed E-state index contributed by atoms with van der Waals surface area (Å²) in [4.78, 5) is 1.08. The van der Waals surface area contributed by atoms with Gasteiger partial charge in [-0.05, 0) is 41.6 Å². The molecule has 0 fully saturated rings. The van der Waals surface area contributed by atoms with Crippen LogP contribution in [0.1, 0.15) is 17.2 Å². The Labute approximate surface area is 125 Å². The monoisotopic (exact) mass is 330 g/mol. The second kappa shape index (κ2) is 5.13. The Balaban J connectivity index is 1.92. The average Bonchev–Trinajstić information content (AvgIpc) is 2.84. The van der Waals surface area contributed by atoms with Crippen molar-refractivity contribution >= 4 is 44.5 Å². The highest BCUT2D eigenvalue weighted by Gasteiger charge is 2.32. The first-order chi connectivity index (χ1) is 9.06. The highest BCUT2D eigenvalue weighted by molar-refractivity contribution is 8.00. The molecule has 6 heteroatoms. The van der Waals surface area contributed by atoms with E-state index < -0.39 is 9.84 Å². The molecule has 19 heavy (non-hydrogen) atoms. The van der Waals surface area contributed by atoms with Crippen LogP contribution in [0.25, 0.3) is 0 Å². The van der Waals surface area contributed by atoms with Gasteiger partial charge in [0.2, 0.25) is 0 Å². The van der Waals surface area contributed by atoms with Crippen LogP contribution in [0.5, 0.6) is 0 Å². The minimum atomic E-state index is -3.05. The van der Waals surface area contributed by atoms with E-state index in [-0.39, 0.29) is 11.0 Å². The van der Waals surface area contributed by atoms with Gasteiger partial charge in [0.1, 0.15) is 4.21 Å². The van der Waals surface area contributed by atoms with Crippen LogP contribution in [0, 0.1) is 0 Å². The lowest BCUT2D eigenvalue weighted by Crippen LogP contribution is -2.16. The summed E-state index contributed by atoms with van der Waals surface area (Å²) in [5.74, 6) is 0.235. The minimum Gasteiger partial charge on any atom is -0.223 e. The van der Waals surface area contributed by atoms with Gasteiger partial charge in [0.05, 0.1) is 5.75 Å². The molecule has 2 aromatic rings. The largest absolute Gasteiger partial charge is 0.223 e. The van der Waals surface area contributed by atoms with Crippen molar-refractivity contribution in [3.05, 3.63) is 46.3 Å². The van der Waals surface area contributed by atoms with Crippen molar-refractivity contribution in [3.8, 4) is 0 Å². The molecule has 0 aliphatic carbocycles. The number of sulfone groups is 1. The molecule has 0 N–H and O–H groups in total. The third kappa shape index (κ3) is 2.70. The summed E-state index contributed by atoms with van der Waals surface area (Å²) in [6.45, 7) is 0. The molecule has 1 aliphatic heterocycles. The number of rotatable bonds is 2. The summed E-state index contributed by atoms with van der Waals surface area (Å²) in [6.07, 6.45) is 0.656. The number of hydrogen-bond donors (Lipinski definition) is 0. The lowest BCUT2D eigenvalue weighted by Gasteiger charge is -2.22. The maximum absolute atomic E-state index is 12.0. The SMILES string of the molecule is O=S1(=O)CC[C@H](Sc2cccc(Cl)c2)c2ccsc21. The Morgan fingerprint density at radius 1 is 1.32 bits per heavy atom. The maximum atomic E-state index is 12.0. The average molecular weight is 331 g/mol. The number of thioether (sulfide) groups is 1. The van der Waals surface area contributed by atoms with E-state index in [0.717, 1.165) is 10.5 Å². The molecule has 0 saturated carbocycles. The summed E-state index contributed by atoms with van der Waals surface area (Å²) >= 11 is 8.99. The van der Waals surface area contributed by atoms with Crippen molar-refractivity contribution in [1.29, 1.82) is 0 Å². The first-order valence-corrected chi connectivity index (χ1v) is 9.57. The third-order valence-electron chi connectivity index (χ3n) is 3.01. The number of halogens is 1.